The van der Waals surface area contributed by atoms with Crippen LogP contribution in [-0.2, 0) is 7.05 Å². The monoisotopic (exact) mass is 273 g/mol. The van der Waals surface area contributed by atoms with Gasteiger partial charge in [0.05, 0.1) is 18.3 Å². The Balaban J connectivity index is 2.45. The molecule has 4 heteroatoms. The largest absolute Gasteiger partial charge is 0.494 e. The molecule has 108 valence electrons. The maximum atomic E-state index is 5.77. The van der Waals surface area contributed by atoms with E-state index in [1.807, 2.05) is 43.8 Å². The van der Waals surface area contributed by atoms with Gasteiger partial charge in [-0.2, -0.15) is 5.10 Å². The van der Waals surface area contributed by atoms with Gasteiger partial charge in [-0.3, -0.25) is 4.68 Å². The minimum Gasteiger partial charge on any atom is -0.494 e. The normalized spacial score (nSPS) is 12.4. The van der Waals surface area contributed by atoms with Gasteiger partial charge in [-0.1, -0.05) is 25.1 Å². The van der Waals surface area contributed by atoms with Gasteiger partial charge in [-0.15, -0.1) is 0 Å². The lowest BCUT2D eigenvalue weighted by molar-refractivity contribution is 0.333. The number of benzene rings is 1. The zero-order valence-electron chi connectivity index (χ0n) is 12.7. The molecule has 1 atom stereocenters. The van der Waals surface area contributed by atoms with E-state index in [9.17, 15) is 0 Å². The number of rotatable bonds is 6. The summed E-state index contributed by atoms with van der Waals surface area (Å²) in [5.74, 6) is 0.934. The number of para-hydroxylation sites is 1. The second-order valence-electron chi connectivity index (χ2n) is 4.81. The molecule has 1 aromatic heterocycles. The Morgan fingerprint density at radius 2 is 2.00 bits per heavy atom. The van der Waals surface area contributed by atoms with Gasteiger partial charge in [0.15, 0.2) is 0 Å². The van der Waals surface area contributed by atoms with Crippen LogP contribution in [0.2, 0.25) is 0 Å². The topological polar surface area (TPSA) is 39.1 Å². The Morgan fingerprint density at radius 1 is 1.25 bits per heavy atom. The van der Waals surface area contributed by atoms with Crippen LogP contribution in [0.5, 0.6) is 5.75 Å². The molecule has 4 nitrogen and oxygen atoms in total. The van der Waals surface area contributed by atoms with Crippen molar-refractivity contribution in [3.05, 3.63) is 47.3 Å². The summed E-state index contributed by atoms with van der Waals surface area (Å²) < 4.78 is 7.62. The van der Waals surface area contributed by atoms with Crippen molar-refractivity contribution in [2.24, 2.45) is 7.05 Å². The van der Waals surface area contributed by atoms with Crippen molar-refractivity contribution in [1.29, 1.82) is 0 Å². The lowest BCUT2D eigenvalue weighted by Crippen LogP contribution is -2.23. The molecule has 0 radical (unpaired) electrons. The van der Waals surface area contributed by atoms with Gasteiger partial charge in [0.2, 0.25) is 0 Å². The van der Waals surface area contributed by atoms with Gasteiger partial charge in [-0.25, -0.2) is 0 Å². The third-order valence-corrected chi connectivity index (χ3v) is 3.30. The molecule has 0 aliphatic heterocycles. The number of nitrogens with one attached hydrogen (secondary N) is 1. The van der Waals surface area contributed by atoms with Gasteiger partial charge >= 0.3 is 0 Å². The van der Waals surface area contributed by atoms with Gasteiger partial charge < -0.3 is 10.1 Å². The number of hydrogen-bond acceptors (Lipinski definition) is 3. The van der Waals surface area contributed by atoms with E-state index in [4.69, 9.17) is 4.74 Å². The van der Waals surface area contributed by atoms with Crippen molar-refractivity contribution in [1.82, 2.24) is 15.1 Å². The third-order valence-electron chi connectivity index (χ3n) is 3.30. The summed E-state index contributed by atoms with van der Waals surface area (Å²) in [7, 11) is 1.95. The summed E-state index contributed by atoms with van der Waals surface area (Å²) in [4.78, 5) is 0. The second kappa shape index (κ2) is 6.57. The minimum atomic E-state index is 0.108. The van der Waals surface area contributed by atoms with Crippen LogP contribution in [-0.4, -0.2) is 22.9 Å². The molecule has 0 fully saturated rings. The van der Waals surface area contributed by atoms with E-state index in [2.05, 4.69) is 29.6 Å². The van der Waals surface area contributed by atoms with Crippen LogP contribution < -0.4 is 10.1 Å². The average Bonchev–Trinajstić information content (AvgIpc) is 2.76. The Hall–Kier alpha value is -1.81. The number of hydrogen-bond donors (Lipinski definition) is 1. The predicted octanol–water partition coefficient (Wildman–Crippen LogP) is 2.83. The Labute approximate surface area is 120 Å². The summed E-state index contributed by atoms with van der Waals surface area (Å²) in [6.07, 6.45) is 2.07. The molecule has 0 amide bonds. The van der Waals surface area contributed by atoms with Gasteiger partial charge in [0, 0.05) is 24.4 Å². The fourth-order valence-electron chi connectivity index (χ4n) is 2.50. The summed E-state index contributed by atoms with van der Waals surface area (Å²) >= 11 is 0. The van der Waals surface area contributed by atoms with Crippen molar-refractivity contribution >= 4 is 0 Å². The molecule has 0 bridgehead atoms. The van der Waals surface area contributed by atoms with Crippen LogP contribution in [0.25, 0.3) is 0 Å². The lowest BCUT2D eigenvalue weighted by atomic mass is 9.98. The van der Waals surface area contributed by atoms with Crippen molar-refractivity contribution < 1.29 is 4.74 Å². The molecule has 20 heavy (non-hydrogen) atoms. The Bertz CT molecular complexity index is 563. The summed E-state index contributed by atoms with van der Waals surface area (Å²) in [5.41, 5.74) is 3.40. The van der Waals surface area contributed by atoms with Crippen LogP contribution in [0.1, 0.15) is 36.7 Å². The molecule has 0 spiro atoms. The van der Waals surface area contributed by atoms with Gasteiger partial charge in [0.25, 0.3) is 0 Å². The van der Waals surface area contributed by atoms with E-state index in [0.717, 1.165) is 23.6 Å². The SMILES string of the molecule is CCNC(c1ccccc1OCC)c1cn(C)nc1C. The quantitative estimate of drug-likeness (QED) is 0.879. The first-order valence-corrected chi connectivity index (χ1v) is 7.12. The van der Waals surface area contributed by atoms with Crippen LogP contribution in [0.4, 0.5) is 0 Å². The first-order chi connectivity index (χ1) is 9.67. The first-order valence-electron chi connectivity index (χ1n) is 7.12. The van der Waals surface area contributed by atoms with Gasteiger partial charge in [-0.05, 0) is 26.5 Å². The molecule has 0 aliphatic carbocycles. The summed E-state index contributed by atoms with van der Waals surface area (Å²) in [6, 6.07) is 8.30. The fourth-order valence-corrected chi connectivity index (χ4v) is 2.50. The summed E-state index contributed by atoms with van der Waals surface area (Å²) in [6.45, 7) is 7.72. The van der Waals surface area contributed by atoms with E-state index in [-0.39, 0.29) is 6.04 Å². The van der Waals surface area contributed by atoms with Crippen molar-refractivity contribution in [3.8, 4) is 5.75 Å². The van der Waals surface area contributed by atoms with E-state index in [1.54, 1.807) is 0 Å². The molecular weight excluding hydrogens is 250 g/mol. The molecule has 1 aromatic carbocycles. The number of aryl methyl sites for hydroxylation is 2. The first kappa shape index (κ1) is 14.6. The maximum absolute atomic E-state index is 5.77. The molecule has 2 rings (SSSR count). The van der Waals surface area contributed by atoms with Crippen LogP contribution in [0.3, 0.4) is 0 Å². The lowest BCUT2D eigenvalue weighted by Gasteiger charge is -2.21. The molecule has 0 saturated carbocycles. The molecule has 0 aliphatic rings. The number of ether oxygens (including phenoxy) is 1. The highest BCUT2D eigenvalue weighted by molar-refractivity contribution is 5.42. The third kappa shape index (κ3) is 3.02. The number of nitrogens with zero attached hydrogens (tertiary/aromatic N) is 2. The molecule has 0 saturated heterocycles. The molecule has 1 N–H and O–H groups in total. The minimum absolute atomic E-state index is 0.108. The van der Waals surface area contributed by atoms with Crippen molar-refractivity contribution in [3.63, 3.8) is 0 Å². The molecule has 1 unspecified atom stereocenters. The van der Waals surface area contributed by atoms with Crippen LogP contribution in [0, 0.1) is 6.92 Å². The van der Waals surface area contributed by atoms with Crippen LogP contribution >= 0.6 is 0 Å². The van der Waals surface area contributed by atoms with Crippen molar-refractivity contribution in [2.75, 3.05) is 13.2 Å². The predicted molar refractivity (Wildman–Crippen MR) is 81.1 cm³/mol. The van der Waals surface area contributed by atoms with E-state index < -0.39 is 0 Å². The number of aromatic nitrogens is 2. The molecule has 2 aromatic rings. The highest BCUT2D eigenvalue weighted by Gasteiger charge is 2.20. The zero-order chi connectivity index (χ0) is 14.5. The smallest absolute Gasteiger partial charge is 0.124 e. The standard InChI is InChI=1S/C16H23N3O/c1-5-17-16(14-11-19(4)18-12(14)3)13-9-7-8-10-15(13)20-6-2/h7-11,16-17H,5-6H2,1-4H3. The Morgan fingerprint density at radius 3 is 2.60 bits per heavy atom. The maximum Gasteiger partial charge on any atom is 0.124 e. The van der Waals surface area contributed by atoms with Crippen molar-refractivity contribution in [2.45, 2.75) is 26.8 Å². The summed E-state index contributed by atoms with van der Waals surface area (Å²) in [5, 5.41) is 7.99. The molecule has 1 heterocycles. The van der Waals surface area contributed by atoms with E-state index >= 15 is 0 Å². The second-order valence-corrected chi connectivity index (χ2v) is 4.81. The van der Waals surface area contributed by atoms with E-state index in [0.29, 0.717) is 6.61 Å². The fraction of sp³-hybridized carbons (Fsp3) is 0.438. The zero-order valence-corrected chi connectivity index (χ0v) is 12.7. The molecular formula is C16H23N3O. The van der Waals surface area contributed by atoms with Crippen LogP contribution in [0.15, 0.2) is 30.5 Å². The highest BCUT2D eigenvalue weighted by atomic mass is 16.5. The Kier molecular flexibility index (Phi) is 4.79. The average molecular weight is 273 g/mol. The highest BCUT2D eigenvalue weighted by Crippen LogP contribution is 2.31. The van der Waals surface area contributed by atoms with Gasteiger partial charge in [0.1, 0.15) is 5.75 Å². The van der Waals surface area contributed by atoms with E-state index in [1.165, 1.54) is 5.56 Å².